The quantitative estimate of drug-likeness (QED) is 0.819. The van der Waals surface area contributed by atoms with E-state index in [4.69, 9.17) is 4.74 Å². The lowest BCUT2D eigenvalue weighted by atomic mass is 9.84. The lowest BCUT2D eigenvalue weighted by molar-refractivity contribution is -0.149. The van der Waals surface area contributed by atoms with Crippen LogP contribution >= 0.6 is 0 Å². The van der Waals surface area contributed by atoms with Crippen LogP contribution in [-0.2, 0) is 26.5 Å². The molecule has 0 N–H and O–H groups in total. The number of carbonyl (C=O) groups excluding carboxylic acids is 2. The Kier molecular flexibility index (Phi) is 3.18. The van der Waals surface area contributed by atoms with E-state index in [0.29, 0.717) is 13.1 Å². The van der Waals surface area contributed by atoms with E-state index in [9.17, 15) is 9.59 Å². The summed E-state index contributed by atoms with van der Waals surface area (Å²) in [5.74, 6) is -0.698. The van der Waals surface area contributed by atoms with Crippen LogP contribution in [0.2, 0.25) is 0 Å². The summed E-state index contributed by atoms with van der Waals surface area (Å²) in [6, 6.07) is 19.5. The summed E-state index contributed by atoms with van der Waals surface area (Å²) in [5, 5.41) is 0. The first-order valence-corrected chi connectivity index (χ1v) is 7.79. The molecule has 0 bridgehead atoms. The highest BCUT2D eigenvalue weighted by Gasteiger charge is 2.60. The number of hydrogen-bond acceptors (Lipinski definition) is 3. The van der Waals surface area contributed by atoms with Crippen LogP contribution in [0.5, 0.6) is 0 Å². The number of nitrogens with zero attached hydrogens (tertiary/aromatic N) is 1. The Labute approximate surface area is 134 Å². The zero-order valence-corrected chi connectivity index (χ0v) is 12.6. The molecule has 4 nitrogen and oxygen atoms in total. The van der Waals surface area contributed by atoms with Crippen LogP contribution in [0.3, 0.4) is 0 Å². The molecular formula is C19H17NO3. The third-order valence-electron chi connectivity index (χ3n) is 4.74. The van der Waals surface area contributed by atoms with E-state index < -0.39 is 11.5 Å². The summed E-state index contributed by atoms with van der Waals surface area (Å²) in [4.78, 5) is 26.5. The Balaban J connectivity index is 1.68. The molecule has 4 rings (SSSR count). The number of ether oxygens (including phenoxy) is 1. The van der Waals surface area contributed by atoms with Gasteiger partial charge in [0, 0.05) is 6.54 Å². The van der Waals surface area contributed by atoms with E-state index in [1.807, 2.05) is 60.7 Å². The fraction of sp³-hybridized carbons (Fsp3) is 0.263. The SMILES string of the molecule is O=C1C[C@H]2C(=O)N(Cc3ccccc3)C[C@@]2(c2ccccc2)O1. The average molecular weight is 307 g/mol. The second kappa shape index (κ2) is 5.23. The van der Waals surface area contributed by atoms with Crippen molar-refractivity contribution in [2.75, 3.05) is 6.54 Å². The van der Waals surface area contributed by atoms with E-state index in [1.165, 1.54) is 0 Å². The van der Waals surface area contributed by atoms with Gasteiger partial charge in [0.2, 0.25) is 5.91 Å². The van der Waals surface area contributed by atoms with Crippen molar-refractivity contribution in [3.8, 4) is 0 Å². The number of rotatable bonds is 3. The molecule has 2 saturated heterocycles. The second-order valence-electron chi connectivity index (χ2n) is 6.17. The van der Waals surface area contributed by atoms with E-state index in [1.54, 1.807) is 4.90 Å². The van der Waals surface area contributed by atoms with Gasteiger partial charge in [0.05, 0.1) is 18.9 Å². The number of likely N-dealkylation sites (tertiary alicyclic amines) is 1. The molecule has 0 unspecified atom stereocenters. The molecule has 0 radical (unpaired) electrons. The van der Waals surface area contributed by atoms with Gasteiger partial charge in [-0.2, -0.15) is 0 Å². The Morgan fingerprint density at radius 1 is 1.00 bits per heavy atom. The monoisotopic (exact) mass is 307 g/mol. The van der Waals surface area contributed by atoms with Gasteiger partial charge in [-0.15, -0.1) is 0 Å². The largest absolute Gasteiger partial charge is 0.451 e. The highest BCUT2D eigenvalue weighted by atomic mass is 16.6. The van der Waals surface area contributed by atoms with Crippen molar-refractivity contribution in [3.05, 3.63) is 71.8 Å². The summed E-state index contributed by atoms with van der Waals surface area (Å²) in [7, 11) is 0. The van der Waals surface area contributed by atoms with Crippen molar-refractivity contribution in [2.45, 2.75) is 18.6 Å². The molecule has 2 aromatic carbocycles. The highest BCUT2D eigenvalue weighted by molar-refractivity contribution is 5.90. The average Bonchev–Trinajstić information content (AvgIpc) is 3.04. The van der Waals surface area contributed by atoms with E-state index in [2.05, 4.69) is 0 Å². The number of esters is 1. The van der Waals surface area contributed by atoms with Gasteiger partial charge in [-0.3, -0.25) is 9.59 Å². The van der Waals surface area contributed by atoms with Crippen LogP contribution in [0.4, 0.5) is 0 Å². The molecule has 2 aliphatic heterocycles. The lowest BCUT2D eigenvalue weighted by Crippen LogP contribution is -2.34. The molecule has 2 atom stereocenters. The molecule has 0 aromatic heterocycles. The smallest absolute Gasteiger partial charge is 0.307 e. The maximum Gasteiger partial charge on any atom is 0.307 e. The Morgan fingerprint density at radius 3 is 2.35 bits per heavy atom. The number of amides is 1. The van der Waals surface area contributed by atoms with Gasteiger partial charge < -0.3 is 9.64 Å². The van der Waals surface area contributed by atoms with Crippen molar-refractivity contribution >= 4 is 11.9 Å². The van der Waals surface area contributed by atoms with Crippen LogP contribution in [0, 0.1) is 5.92 Å². The molecule has 116 valence electrons. The summed E-state index contributed by atoms with van der Waals surface area (Å²) >= 11 is 0. The zero-order valence-electron chi connectivity index (χ0n) is 12.6. The molecular weight excluding hydrogens is 290 g/mol. The van der Waals surface area contributed by atoms with Gasteiger partial charge in [0.25, 0.3) is 0 Å². The zero-order chi connectivity index (χ0) is 15.9. The summed E-state index contributed by atoms with van der Waals surface area (Å²) in [6.45, 7) is 0.962. The van der Waals surface area contributed by atoms with Crippen LogP contribution in [0.15, 0.2) is 60.7 Å². The molecule has 0 spiro atoms. The normalized spacial score (nSPS) is 26.3. The molecule has 2 aromatic rings. The maximum atomic E-state index is 12.8. The number of benzene rings is 2. The molecule has 1 amide bonds. The van der Waals surface area contributed by atoms with Gasteiger partial charge in [0.15, 0.2) is 5.60 Å². The fourth-order valence-corrected chi connectivity index (χ4v) is 3.67. The van der Waals surface area contributed by atoms with Crippen molar-refractivity contribution in [2.24, 2.45) is 5.92 Å². The van der Waals surface area contributed by atoms with Gasteiger partial charge in [-0.25, -0.2) is 0 Å². The first kappa shape index (κ1) is 14.0. The molecule has 2 fully saturated rings. The first-order chi connectivity index (χ1) is 11.2. The summed E-state index contributed by atoms with van der Waals surface area (Å²) < 4.78 is 5.70. The summed E-state index contributed by atoms with van der Waals surface area (Å²) in [6.07, 6.45) is 0.166. The molecule has 2 heterocycles. The minimum atomic E-state index is -0.829. The van der Waals surface area contributed by atoms with E-state index in [-0.39, 0.29) is 18.3 Å². The van der Waals surface area contributed by atoms with E-state index in [0.717, 1.165) is 11.1 Å². The minimum Gasteiger partial charge on any atom is -0.451 e. The molecule has 2 aliphatic rings. The van der Waals surface area contributed by atoms with Crippen LogP contribution in [-0.4, -0.2) is 23.3 Å². The van der Waals surface area contributed by atoms with Crippen molar-refractivity contribution in [1.82, 2.24) is 4.90 Å². The minimum absolute atomic E-state index is 0.00329. The molecule has 4 heteroatoms. The fourth-order valence-electron chi connectivity index (χ4n) is 3.67. The number of hydrogen-bond donors (Lipinski definition) is 0. The van der Waals surface area contributed by atoms with Crippen molar-refractivity contribution < 1.29 is 14.3 Å². The van der Waals surface area contributed by atoms with Gasteiger partial charge in [0.1, 0.15) is 0 Å². The Morgan fingerprint density at radius 2 is 1.65 bits per heavy atom. The van der Waals surface area contributed by atoms with E-state index >= 15 is 0 Å². The third-order valence-corrected chi connectivity index (χ3v) is 4.74. The third kappa shape index (κ3) is 2.22. The van der Waals surface area contributed by atoms with Crippen LogP contribution in [0.1, 0.15) is 17.5 Å². The van der Waals surface area contributed by atoms with Gasteiger partial charge in [-0.05, 0) is 11.1 Å². The standard InChI is InChI=1S/C19H17NO3/c21-17-11-16-18(22)20(12-14-7-3-1-4-8-14)13-19(16,23-17)15-9-5-2-6-10-15/h1-10,16H,11-13H2/t16-,19-/m0/s1. The maximum absolute atomic E-state index is 12.8. The molecule has 23 heavy (non-hydrogen) atoms. The topological polar surface area (TPSA) is 46.6 Å². The number of carbonyl (C=O) groups is 2. The predicted octanol–water partition coefficient (Wildman–Crippen LogP) is 2.49. The molecule has 0 aliphatic carbocycles. The van der Waals surface area contributed by atoms with Crippen molar-refractivity contribution in [1.29, 1.82) is 0 Å². The Hall–Kier alpha value is -2.62. The predicted molar refractivity (Wildman–Crippen MR) is 84.2 cm³/mol. The van der Waals surface area contributed by atoms with Crippen molar-refractivity contribution in [3.63, 3.8) is 0 Å². The first-order valence-electron chi connectivity index (χ1n) is 7.79. The van der Waals surface area contributed by atoms with Gasteiger partial charge >= 0.3 is 5.97 Å². The van der Waals surface area contributed by atoms with Crippen LogP contribution < -0.4 is 0 Å². The van der Waals surface area contributed by atoms with Gasteiger partial charge in [-0.1, -0.05) is 60.7 Å². The molecule has 0 saturated carbocycles. The Bertz CT molecular complexity index is 744. The summed E-state index contributed by atoms with van der Waals surface area (Å²) in [5.41, 5.74) is 1.15. The van der Waals surface area contributed by atoms with Crippen LogP contribution in [0.25, 0.3) is 0 Å². The second-order valence-corrected chi connectivity index (χ2v) is 6.17. The number of fused-ring (bicyclic) bond motifs is 1. The highest BCUT2D eigenvalue weighted by Crippen LogP contribution is 2.48. The lowest BCUT2D eigenvalue weighted by Gasteiger charge is -2.27.